The average molecular weight is 346 g/mol. The summed E-state index contributed by atoms with van der Waals surface area (Å²) >= 11 is 0. The van der Waals surface area contributed by atoms with Crippen molar-refractivity contribution in [2.75, 3.05) is 6.61 Å². The second-order valence-electron chi connectivity index (χ2n) is 5.11. The molecule has 0 saturated carbocycles. The summed E-state index contributed by atoms with van der Waals surface area (Å²) in [7, 11) is 0. The number of halogens is 1. The summed E-state index contributed by atoms with van der Waals surface area (Å²) in [6.07, 6.45) is -0.827. The number of rotatable bonds is 6. The zero-order valence-electron chi connectivity index (χ0n) is 13.9. The molecule has 132 valence electrons. The zero-order valence-corrected chi connectivity index (χ0v) is 13.9. The Morgan fingerprint density at radius 3 is 2.20 bits per heavy atom. The quantitative estimate of drug-likeness (QED) is 0.788. The SMILES string of the molecule is CCOc1ccc(O[C@H](C)C(=O)NNC(=O)c2ccc(F)cc2)cc1. The van der Waals surface area contributed by atoms with Crippen LogP contribution in [0.25, 0.3) is 0 Å². The lowest BCUT2D eigenvalue weighted by Gasteiger charge is -2.15. The number of hydrazine groups is 1. The van der Waals surface area contributed by atoms with E-state index in [1.165, 1.54) is 12.1 Å². The number of ether oxygens (including phenoxy) is 2. The van der Waals surface area contributed by atoms with Gasteiger partial charge in [-0.3, -0.25) is 20.4 Å². The average Bonchev–Trinajstić information content (AvgIpc) is 2.61. The molecule has 2 aromatic rings. The molecule has 0 aromatic heterocycles. The molecule has 0 aliphatic rings. The topological polar surface area (TPSA) is 76.7 Å². The van der Waals surface area contributed by atoms with Gasteiger partial charge in [-0.25, -0.2) is 4.39 Å². The third-order valence-electron chi connectivity index (χ3n) is 3.22. The van der Waals surface area contributed by atoms with Gasteiger partial charge >= 0.3 is 0 Å². The Bertz CT molecular complexity index is 717. The van der Waals surface area contributed by atoms with Crippen LogP contribution in [0.4, 0.5) is 4.39 Å². The van der Waals surface area contributed by atoms with Gasteiger partial charge in [0.1, 0.15) is 17.3 Å². The lowest BCUT2D eigenvalue weighted by Crippen LogP contribution is -2.47. The molecule has 0 heterocycles. The molecule has 2 N–H and O–H groups in total. The van der Waals surface area contributed by atoms with Crippen molar-refractivity contribution in [3.8, 4) is 11.5 Å². The highest BCUT2D eigenvalue weighted by Crippen LogP contribution is 2.18. The standard InChI is InChI=1S/C18H19FN2O4/c1-3-24-15-8-10-16(11-9-15)25-12(2)17(22)20-21-18(23)13-4-6-14(19)7-5-13/h4-12H,3H2,1-2H3,(H,20,22)(H,21,23)/t12-/m1/s1. The third-order valence-corrected chi connectivity index (χ3v) is 3.22. The molecule has 0 saturated heterocycles. The largest absolute Gasteiger partial charge is 0.494 e. The van der Waals surface area contributed by atoms with Gasteiger partial charge in [0.25, 0.3) is 11.8 Å². The Balaban J connectivity index is 1.83. The van der Waals surface area contributed by atoms with Crippen molar-refractivity contribution >= 4 is 11.8 Å². The van der Waals surface area contributed by atoms with Crippen molar-refractivity contribution in [3.63, 3.8) is 0 Å². The minimum Gasteiger partial charge on any atom is -0.494 e. The van der Waals surface area contributed by atoms with Crippen LogP contribution < -0.4 is 20.3 Å². The van der Waals surface area contributed by atoms with Crippen LogP contribution in [-0.4, -0.2) is 24.5 Å². The molecule has 6 nitrogen and oxygen atoms in total. The van der Waals surface area contributed by atoms with Gasteiger partial charge in [0.15, 0.2) is 6.10 Å². The molecule has 0 aliphatic heterocycles. The van der Waals surface area contributed by atoms with Crippen molar-refractivity contribution in [2.24, 2.45) is 0 Å². The number of carbonyl (C=O) groups is 2. The highest BCUT2D eigenvalue weighted by atomic mass is 19.1. The molecule has 0 bridgehead atoms. The first-order valence-electron chi connectivity index (χ1n) is 7.75. The molecular formula is C18H19FN2O4. The maximum absolute atomic E-state index is 12.8. The second-order valence-corrected chi connectivity index (χ2v) is 5.11. The van der Waals surface area contributed by atoms with Crippen LogP contribution in [0.15, 0.2) is 48.5 Å². The van der Waals surface area contributed by atoms with E-state index in [-0.39, 0.29) is 5.56 Å². The van der Waals surface area contributed by atoms with Crippen molar-refractivity contribution < 1.29 is 23.5 Å². The summed E-state index contributed by atoms with van der Waals surface area (Å²) in [5.74, 6) is -0.321. The molecule has 0 spiro atoms. The van der Waals surface area contributed by atoms with Crippen molar-refractivity contribution in [2.45, 2.75) is 20.0 Å². The van der Waals surface area contributed by atoms with E-state index in [1.807, 2.05) is 6.92 Å². The predicted octanol–water partition coefficient (Wildman–Crippen LogP) is 2.45. The molecule has 0 aliphatic carbocycles. The van der Waals surface area contributed by atoms with Gasteiger partial charge in [0, 0.05) is 5.56 Å². The molecule has 2 aromatic carbocycles. The Kier molecular flexibility index (Phi) is 6.33. The number of nitrogens with one attached hydrogen (secondary N) is 2. The van der Waals surface area contributed by atoms with Crippen LogP contribution in [0.1, 0.15) is 24.2 Å². The monoisotopic (exact) mass is 346 g/mol. The Hall–Kier alpha value is -3.09. The molecule has 2 amide bonds. The summed E-state index contributed by atoms with van der Waals surface area (Å²) in [4.78, 5) is 23.8. The van der Waals surface area contributed by atoms with Gasteiger partial charge in [-0.15, -0.1) is 0 Å². The van der Waals surface area contributed by atoms with Crippen molar-refractivity contribution in [1.29, 1.82) is 0 Å². The van der Waals surface area contributed by atoms with Crippen molar-refractivity contribution in [3.05, 3.63) is 59.9 Å². The van der Waals surface area contributed by atoms with E-state index < -0.39 is 23.7 Å². The summed E-state index contributed by atoms with van der Waals surface area (Å²) < 4.78 is 23.6. The number of carbonyl (C=O) groups excluding carboxylic acids is 2. The van der Waals surface area contributed by atoms with Crippen molar-refractivity contribution in [1.82, 2.24) is 10.9 Å². The van der Waals surface area contributed by atoms with Gasteiger partial charge in [-0.2, -0.15) is 0 Å². The second kappa shape index (κ2) is 8.68. The van der Waals surface area contributed by atoms with Crippen LogP contribution in [0.5, 0.6) is 11.5 Å². The van der Waals surface area contributed by atoms with Gasteiger partial charge in [0.05, 0.1) is 6.61 Å². The van der Waals surface area contributed by atoms with Gasteiger partial charge < -0.3 is 9.47 Å². The van der Waals surface area contributed by atoms with Crippen LogP contribution in [-0.2, 0) is 4.79 Å². The first-order valence-corrected chi connectivity index (χ1v) is 7.75. The first kappa shape index (κ1) is 18.3. The molecule has 0 unspecified atom stereocenters. The van der Waals surface area contributed by atoms with E-state index in [2.05, 4.69) is 10.9 Å². The van der Waals surface area contributed by atoms with E-state index in [0.29, 0.717) is 18.1 Å². The number of hydrogen-bond donors (Lipinski definition) is 2. The van der Waals surface area contributed by atoms with Crippen LogP contribution in [0.3, 0.4) is 0 Å². The molecule has 7 heteroatoms. The van der Waals surface area contributed by atoms with Crippen LogP contribution in [0.2, 0.25) is 0 Å². The normalized spacial score (nSPS) is 11.3. The lowest BCUT2D eigenvalue weighted by molar-refractivity contribution is -0.128. The maximum atomic E-state index is 12.8. The lowest BCUT2D eigenvalue weighted by atomic mass is 10.2. The highest BCUT2D eigenvalue weighted by molar-refractivity contribution is 5.95. The minimum absolute atomic E-state index is 0.224. The van der Waals surface area contributed by atoms with Gasteiger partial charge in [-0.05, 0) is 62.4 Å². The van der Waals surface area contributed by atoms with E-state index >= 15 is 0 Å². The Labute approximate surface area is 144 Å². The summed E-state index contributed by atoms with van der Waals surface area (Å²) in [6.45, 7) is 4.00. The number of hydrogen-bond acceptors (Lipinski definition) is 4. The molecule has 0 fully saturated rings. The maximum Gasteiger partial charge on any atom is 0.279 e. The first-order chi connectivity index (χ1) is 12.0. The summed E-state index contributed by atoms with van der Waals surface area (Å²) in [6, 6.07) is 11.8. The molecule has 2 rings (SSSR count). The van der Waals surface area contributed by atoms with Crippen LogP contribution >= 0.6 is 0 Å². The molecule has 1 atom stereocenters. The minimum atomic E-state index is -0.827. The highest BCUT2D eigenvalue weighted by Gasteiger charge is 2.16. The summed E-state index contributed by atoms with van der Waals surface area (Å²) in [5, 5.41) is 0. The third kappa shape index (κ3) is 5.49. The molecule has 0 radical (unpaired) electrons. The fourth-order valence-electron chi connectivity index (χ4n) is 1.93. The van der Waals surface area contributed by atoms with E-state index in [0.717, 1.165) is 12.1 Å². The van der Waals surface area contributed by atoms with E-state index in [1.54, 1.807) is 31.2 Å². The Morgan fingerprint density at radius 1 is 1.00 bits per heavy atom. The number of benzene rings is 2. The molecular weight excluding hydrogens is 327 g/mol. The van der Waals surface area contributed by atoms with Gasteiger partial charge in [-0.1, -0.05) is 0 Å². The van der Waals surface area contributed by atoms with Crippen LogP contribution in [0, 0.1) is 5.82 Å². The summed E-state index contributed by atoms with van der Waals surface area (Å²) in [5.41, 5.74) is 4.74. The fraction of sp³-hybridized carbons (Fsp3) is 0.222. The molecule has 25 heavy (non-hydrogen) atoms. The van der Waals surface area contributed by atoms with E-state index in [4.69, 9.17) is 9.47 Å². The fourth-order valence-corrected chi connectivity index (χ4v) is 1.93. The zero-order chi connectivity index (χ0) is 18.2. The van der Waals surface area contributed by atoms with Gasteiger partial charge in [0.2, 0.25) is 0 Å². The van der Waals surface area contributed by atoms with E-state index in [9.17, 15) is 14.0 Å². The Morgan fingerprint density at radius 2 is 1.60 bits per heavy atom. The number of amides is 2. The smallest absolute Gasteiger partial charge is 0.279 e. The predicted molar refractivity (Wildman–Crippen MR) is 89.7 cm³/mol.